The third-order valence-corrected chi connectivity index (χ3v) is 3.91. The van der Waals surface area contributed by atoms with Crippen molar-refractivity contribution < 1.29 is 4.79 Å². The van der Waals surface area contributed by atoms with Crippen LogP contribution in [0.25, 0.3) is 0 Å². The number of amides is 1. The van der Waals surface area contributed by atoms with Gasteiger partial charge in [-0.05, 0) is 45.2 Å². The lowest BCUT2D eigenvalue weighted by Crippen LogP contribution is -2.47. The monoisotopic (exact) mass is 270 g/mol. The zero-order valence-electron chi connectivity index (χ0n) is 12.2. The van der Waals surface area contributed by atoms with Gasteiger partial charge in [-0.2, -0.15) is 0 Å². The van der Waals surface area contributed by atoms with Crippen LogP contribution in [0.5, 0.6) is 0 Å². The number of piperidine rings is 1. The first-order valence-corrected chi connectivity index (χ1v) is 7.25. The van der Waals surface area contributed by atoms with Crippen LogP contribution in [0.2, 0.25) is 0 Å². The van der Waals surface area contributed by atoms with E-state index in [4.69, 9.17) is 5.73 Å². The minimum atomic E-state index is 0.0895. The number of carbonyl (C=O) groups is 1. The van der Waals surface area contributed by atoms with Gasteiger partial charge in [-0.1, -0.05) is 24.0 Å². The quantitative estimate of drug-likeness (QED) is 0.797. The Balaban J connectivity index is 2.33. The van der Waals surface area contributed by atoms with Gasteiger partial charge in [-0.3, -0.25) is 4.79 Å². The topological polar surface area (TPSA) is 46.3 Å². The van der Waals surface area contributed by atoms with Gasteiger partial charge >= 0.3 is 0 Å². The molecule has 2 atom stereocenters. The molecule has 0 spiro atoms. The van der Waals surface area contributed by atoms with E-state index < -0.39 is 0 Å². The van der Waals surface area contributed by atoms with Crippen LogP contribution in [0.4, 0.5) is 0 Å². The largest absolute Gasteiger partial charge is 0.333 e. The Morgan fingerprint density at radius 2 is 1.95 bits per heavy atom. The van der Waals surface area contributed by atoms with Crippen molar-refractivity contribution in [3.8, 4) is 11.8 Å². The van der Waals surface area contributed by atoms with E-state index in [0.717, 1.165) is 18.4 Å². The number of nitrogens with two attached hydrogens (primary N) is 1. The number of likely N-dealkylation sites (tertiary alicyclic amines) is 1. The van der Waals surface area contributed by atoms with Gasteiger partial charge in [0.1, 0.15) is 0 Å². The van der Waals surface area contributed by atoms with Crippen molar-refractivity contribution in [3.05, 3.63) is 35.4 Å². The number of nitrogens with zero attached hydrogens (tertiary/aromatic N) is 1. The number of carbonyl (C=O) groups excluding carboxylic acids is 1. The van der Waals surface area contributed by atoms with Crippen molar-refractivity contribution in [2.24, 2.45) is 5.73 Å². The van der Waals surface area contributed by atoms with Crippen LogP contribution in [-0.4, -0.2) is 29.4 Å². The van der Waals surface area contributed by atoms with E-state index in [1.54, 1.807) is 0 Å². The van der Waals surface area contributed by atoms with Gasteiger partial charge in [0.25, 0.3) is 5.91 Å². The van der Waals surface area contributed by atoms with Crippen LogP contribution in [0.1, 0.15) is 49.0 Å². The molecule has 1 aromatic rings. The Morgan fingerprint density at radius 1 is 1.30 bits per heavy atom. The summed E-state index contributed by atoms with van der Waals surface area (Å²) in [5, 5.41) is 0. The van der Waals surface area contributed by atoms with Gasteiger partial charge < -0.3 is 10.6 Å². The first-order chi connectivity index (χ1) is 9.65. The molecule has 1 amide bonds. The molecule has 2 rings (SSSR count). The molecule has 0 bridgehead atoms. The maximum absolute atomic E-state index is 12.8. The molecular formula is C17H22N2O. The Kier molecular flexibility index (Phi) is 4.81. The summed E-state index contributed by atoms with van der Waals surface area (Å²) in [4.78, 5) is 14.8. The molecule has 3 heteroatoms. The molecule has 1 aliphatic rings. The SMILES string of the molecule is CC1CCCC(C)N1C(=O)c1ccccc1C#CCN. The molecule has 3 nitrogen and oxygen atoms in total. The average Bonchev–Trinajstić information content (AvgIpc) is 2.45. The molecule has 1 saturated heterocycles. The van der Waals surface area contributed by atoms with Crippen molar-refractivity contribution in [2.75, 3.05) is 6.54 Å². The molecular weight excluding hydrogens is 248 g/mol. The normalized spacial score (nSPS) is 22.1. The maximum atomic E-state index is 12.8. The van der Waals surface area contributed by atoms with Crippen molar-refractivity contribution in [1.29, 1.82) is 0 Å². The number of hydrogen-bond donors (Lipinski definition) is 1. The van der Waals surface area contributed by atoms with Crippen LogP contribution in [0.3, 0.4) is 0 Å². The summed E-state index contributed by atoms with van der Waals surface area (Å²) in [5.74, 6) is 5.92. The number of hydrogen-bond acceptors (Lipinski definition) is 2. The standard InChI is InChI=1S/C17H22N2O/c1-13-7-5-8-14(2)19(13)17(20)16-11-4-3-9-15(16)10-6-12-18/h3-4,9,11,13-14H,5,7-8,12,18H2,1-2H3. The Labute approximate surface area is 121 Å². The van der Waals surface area contributed by atoms with Crippen LogP contribution in [-0.2, 0) is 0 Å². The zero-order chi connectivity index (χ0) is 14.5. The van der Waals surface area contributed by atoms with Gasteiger partial charge in [0.15, 0.2) is 0 Å². The fourth-order valence-electron chi connectivity index (χ4n) is 2.89. The Hall–Kier alpha value is -1.79. The van der Waals surface area contributed by atoms with Gasteiger partial charge in [0, 0.05) is 17.6 Å². The van der Waals surface area contributed by atoms with Crippen molar-refractivity contribution in [3.63, 3.8) is 0 Å². The molecule has 2 unspecified atom stereocenters. The summed E-state index contributed by atoms with van der Waals surface area (Å²) >= 11 is 0. The molecule has 0 aliphatic carbocycles. The van der Waals surface area contributed by atoms with Gasteiger partial charge in [-0.25, -0.2) is 0 Å². The lowest BCUT2D eigenvalue weighted by atomic mass is 9.95. The minimum absolute atomic E-state index is 0.0895. The number of benzene rings is 1. The molecule has 0 aromatic heterocycles. The van der Waals surface area contributed by atoms with E-state index in [1.165, 1.54) is 6.42 Å². The highest BCUT2D eigenvalue weighted by atomic mass is 16.2. The molecule has 1 aliphatic heterocycles. The molecule has 1 aromatic carbocycles. The smallest absolute Gasteiger partial charge is 0.255 e. The highest BCUT2D eigenvalue weighted by molar-refractivity contribution is 5.97. The molecule has 106 valence electrons. The highest BCUT2D eigenvalue weighted by Crippen LogP contribution is 2.25. The van der Waals surface area contributed by atoms with E-state index in [9.17, 15) is 4.79 Å². The molecule has 0 radical (unpaired) electrons. The average molecular weight is 270 g/mol. The summed E-state index contributed by atoms with van der Waals surface area (Å²) in [6, 6.07) is 8.12. The first-order valence-electron chi connectivity index (χ1n) is 7.25. The maximum Gasteiger partial charge on any atom is 0.255 e. The summed E-state index contributed by atoms with van der Waals surface area (Å²) in [6.07, 6.45) is 3.35. The van der Waals surface area contributed by atoms with Gasteiger partial charge in [0.2, 0.25) is 0 Å². The van der Waals surface area contributed by atoms with Crippen LogP contribution >= 0.6 is 0 Å². The van der Waals surface area contributed by atoms with Crippen LogP contribution < -0.4 is 5.73 Å². The molecule has 1 fully saturated rings. The lowest BCUT2D eigenvalue weighted by molar-refractivity contribution is 0.0510. The van der Waals surface area contributed by atoms with Crippen molar-refractivity contribution in [2.45, 2.75) is 45.2 Å². The van der Waals surface area contributed by atoms with Crippen LogP contribution in [0, 0.1) is 11.8 Å². The van der Waals surface area contributed by atoms with E-state index in [-0.39, 0.29) is 5.91 Å². The highest BCUT2D eigenvalue weighted by Gasteiger charge is 2.30. The Morgan fingerprint density at radius 3 is 2.60 bits per heavy atom. The number of rotatable bonds is 1. The van der Waals surface area contributed by atoms with Gasteiger partial charge in [-0.15, -0.1) is 0 Å². The zero-order valence-corrected chi connectivity index (χ0v) is 12.2. The fraction of sp³-hybridized carbons (Fsp3) is 0.471. The van der Waals surface area contributed by atoms with Crippen molar-refractivity contribution in [1.82, 2.24) is 4.90 Å². The second kappa shape index (κ2) is 6.58. The van der Waals surface area contributed by atoms with E-state index in [2.05, 4.69) is 25.7 Å². The summed E-state index contributed by atoms with van der Waals surface area (Å²) in [7, 11) is 0. The molecule has 20 heavy (non-hydrogen) atoms. The minimum Gasteiger partial charge on any atom is -0.333 e. The van der Waals surface area contributed by atoms with E-state index in [1.807, 2.05) is 29.2 Å². The third-order valence-electron chi connectivity index (χ3n) is 3.91. The second-order valence-electron chi connectivity index (χ2n) is 5.39. The lowest BCUT2D eigenvalue weighted by Gasteiger charge is -2.39. The second-order valence-corrected chi connectivity index (χ2v) is 5.39. The summed E-state index contributed by atoms with van der Waals surface area (Å²) < 4.78 is 0. The molecule has 0 saturated carbocycles. The molecule has 1 heterocycles. The van der Waals surface area contributed by atoms with Crippen molar-refractivity contribution >= 4 is 5.91 Å². The first kappa shape index (κ1) is 14.6. The van der Waals surface area contributed by atoms with E-state index >= 15 is 0 Å². The predicted molar refractivity (Wildman–Crippen MR) is 81.3 cm³/mol. The van der Waals surface area contributed by atoms with Gasteiger partial charge in [0.05, 0.1) is 12.1 Å². The Bertz CT molecular complexity index is 531. The third kappa shape index (κ3) is 3.02. The predicted octanol–water partition coefficient (Wildman–Crippen LogP) is 2.40. The van der Waals surface area contributed by atoms with E-state index in [0.29, 0.717) is 24.2 Å². The fourth-order valence-corrected chi connectivity index (χ4v) is 2.89. The van der Waals surface area contributed by atoms with Crippen LogP contribution in [0.15, 0.2) is 24.3 Å². The summed E-state index contributed by atoms with van der Waals surface area (Å²) in [5.41, 5.74) is 6.88. The molecule has 2 N–H and O–H groups in total. The summed E-state index contributed by atoms with van der Waals surface area (Å²) in [6.45, 7) is 4.56.